The van der Waals surface area contributed by atoms with Gasteiger partial charge in [-0.2, -0.15) is 0 Å². The predicted molar refractivity (Wildman–Crippen MR) is 95.5 cm³/mol. The standard InChI is InChI=1S/C18H19N3O3S/c1-20(2)9-10-21-15(12-5-7-19-8-6-12)14(17(23)18(21)24)16(22)13-4-3-11-25-13/h3-8,11,15,23H,9-10H2,1-2H3/t15-/m0/s1. The van der Waals surface area contributed by atoms with Gasteiger partial charge in [0, 0.05) is 25.5 Å². The van der Waals surface area contributed by atoms with Crippen LogP contribution in [0.5, 0.6) is 0 Å². The second-order valence-electron chi connectivity index (χ2n) is 6.05. The third kappa shape index (κ3) is 3.33. The summed E-state index contributed by atoms with van der Waals surface area (Å²) >= 11 is 1.29. The maximum Gasteiger partial charge on any atom is 0.290 e. The van der Waals surface area contributed by atoms with Crippen LogP contribution in [0.15, 0.2) is 53.4 Å². The first-order valence-electron chi connectivity index (χ1n) is 7.87. The molecule has 7 heteroatoms. The Morgan fingerprint density at radius 3 is 2.64 bits per heavy atom. The molecule has 1 atom stereocenters. The second kappa shape index (κ2) is 7.16. The Bertz CT molecular complexity index is 800. The van der Waals surface area contributed by atoms with E-state index in [1.807, 2.05) is 19.0 Å². The van der Waals surface area contributed by atoms with E-state index in [0.717, 1.165) is 5.56 Å². The van der Waals surface area contributed by atoms with Crippen molar-refractivity contribution in [2.24, 2.45) is 0 Å². The van der Waals surface area contributed by atoms with Crippen molar-refractivity contribution in [1.82, 2.24) is 14.8 Å². The lowest BCUT2D eigenvalue weighted by atomic mass is 9.96. The third-order valence-electron chi connectivity index (χ3n) is 4.10. The van der Waals surface area contributed by atoms with E-state index in [9.17, 15) is 14.7 Å². The first-order chi connectivity index (χ1) is 12.0. The van der Waals surface area contributed by atoms with Gasteiger partial charge in [0.25, 0.3) is 5.91 Å². The molecule has 0 unspecified atom stereocenters. The van der Waals surface area contributed by atoms with E-state index in [0.29, 0.717) is 18.0 Å². The van der Waals surface area contributed by atoms with E-state index in [1.54, 1.807) is 46.9 Å². The van der Waals surface area contributed by atoms with Crippen LogP contribution in [0.4, 0.5) is 0 Å². The second-order valence-corrected chi connectivity index (χ2v) is 7.00. The van der Waals surface area contributed by atoms with Gasteiger partial charge >= 0.3 is 0 Å². The molecule has 6 nitrogen and oxygen atoms in total. The zero-order valence-electron chi connectivity index (χ0n) is 14.0. The van der Waals surface area contributed by atoms with Gasteiger partial charge in [0.05, 0.1) is 16.5 Å². The summed E-state index contributed by atoms with van der Waals surface area (Å²) in [7, 11) is 3.82. The summed E-state index contributed by atoms with van der Waals surface area (Å²) in [5.74, 6) is -1.28. The molecule has 130 valence electrons. The molecular weight excluding hydrogens is 338 g/mol. The Morgan fingerprint density at radius 2 is 2.04 bits per heavy atom. The van der Waals surface area contributed by atoms with Crippen LogP contribution < -0.4 is 0 Å². The van der Waals surface area contributed by atoms with Crippen molar-refractivity contribution >= 4 is 23.0 Å². The topological polar surface area (TPSA) is 73.7 Å². The first kappa shape index (κ1) is 17.3. The molecule has 25 heavy (non-hydrogen) atoms. The van der Waals surface area contributed by atoms with Gasteiger partial charge in [0.15, 0.2) is 5.76 Å². The zero-order chi connectivity index (χ0) is 18.0. The average molecular weight is 357 g/mol. The number of aromatic nitrogens is 1. The van der Waals surface area contributed by atoms with Crippen molar-refractivity contribution in [1.29, 1.82) is 0 Å². The van der Waals surface area contributed by atoms with Crippen LogP contribution in [0, 0.1) is 0 Å². The van der Waals surface area contributed by atoms with Gasteiger partial charge in [-0.15, -0.1) is 11.3 Å². The van der Waals surface area contributed by atoms with Gasteiger partial charge in [-0.05, 0) is 43.2 Å². The molecule has 1 N–H and O–H groups in total. The van der Waals surface area contributed by atoms with Gasteiger partial charge < -0.3 is 14.9 Å². The zero-order valence-corrected chi connectivity index (χ0v) is 14.9. The minimum atomic E-state index is -0.606. The van der Waals surface area contributed by atoms with E-state index in [2.05, 4.69) is 4.98 Å². The number of hydrogen-bond donors (Lipinski definition) is 1. The summed E-state index contributed by atoms with van der Waals surface area (Å²) in [6, 6.07) is 6.40. The van der Waals surface area contributed by atoms with E-state index in [1.165, 1.54) is 11.3 Å². The van der Waals surface area contributed by atoms with E-state index in [4.69, 9.17) is 0 Å². The van der Waals surface area contributed by atoms with Crippen LogP contribution >= 0.6 is 11.3 Å². The van der Waals surface area contributed by atoms with Gasteiger partial charge in [-0.25, -0.2) is 0 Å². The molecule has 3 heterocycles. The number of amides is 1. The fourth-order valence-electron chi connectivity index (χ4n) is 2.86. The van der Waals surface area contributed by atoms with Crippen LogP contribution in [0.2, 0.25) is 0 Å². The number of pyridine rings is 1. The Kier molecular flexibility index (Phi) is 4.96. The highest BCUT2D eigenvalue weighted by atomic mass is 32.1. The fourth-order valence-corrected chi connectivity index (χ4v) is 3.53. The Labute approximate surface area is 150 Å². The Hall–Kier alpha value is -2.51. The van der Waals surface area contributed by atoms with Gasteiger partial charge in [0.1, 0.15) is 0 Å². The molecule has 2 aromatic heterocycles. The molecule has 3 rings (SSSR count). The molecule has 0 aliphatic carbocycles. The normalized spacial score (nSPS) is 17.6. The minimum absolute atomic E-state index is 0.136. The monoisotopic (exact) mass is 357 g/mol. The summed E-state index contributed by atoms with van der Waals surface area (Å²) in [6.45, 7) is 1.03. The van der Waals surface area contributed by atoms with Crippen molar-refractivity contribution in [3.05, 3.63) is 63.8 Å². The van der Waals surface area contributed by atoms with Crippen molar-refractivity contribution in [2.45, 2.75) is 6.04 Å². The van der Waals surface area contributed by atoms with Crippen molar-refractivity contribution in [3.8, 4) is 0 Å². The molecule has 0 radical (unpaired) electrons. The number of thiophene rings is 1. The highest BCUT2D eigenvalue weighted by molar-refractivity contribution is 7.12. The number of ketones is 1. The number of hydrogen-bond acceptors (Lipinski definition) is 6. The van der Waals surface area contributed by atoms with Crippen molar-refractivity contribution in [3.63, 3.8) is 0 Å². The summed E-state index contributed by atoms with van der Waals surface area (Å²) < 4.78 is 0. The molecule has 0 spiro atoms. The van der Waals surface area contributed by atoms with Crippen LogP contribution in [0.25, 0.3) is 0 Å². The minimum Gasteiger partial charge on any atom is -0.503 e. The number of carbonyl (C=O) groups excluding carboxylic acids is 2. The Balaban J connectivity index is 2.04. The largest absolute Gasteiger partial charge is 0.503 e. The predicted octanol–water partition coefficient (Wildman–Crippen LogP) is 2.28. The smallest absolute Gasteiger partial charge is 0.290 e. The molecular formula is C18H19N3O3S. The van der Waals surface area contributed by atoms with Crippen molar-refractivity contribution < 1.29 is 14.7 Å². The Morgan fingerprint density at radius 1 is 1.32 bits per heavy atom. The number of aliphatic hydroxyl groups is 1. The summed E-state index contributed by atoms with van der Waals surface area (Å²) in [5, 5.41) is 12.2. The molecule has 0 bridgehead atoms. The molecule has 2 aromatic rings. The average Bonchev–Trinajstić information content (AvgIpc) is 3.22. The maximum atomic E-state index is 12.9. The molecule has 0 saturated heterocycles. The van der Waals surface area contributed by atoms with Gasteiger partial charge in [0.2, 0.25) is 5.78 Å². The maximum absolute atomic E-state index is 12.9. The lowest BCUT2D eigenvalue weighted by molar-refractivity contribution is -0.129. The highest BCUT2D eigenvalue weighted by Gasteiger charge is 2.43. The molecule has 0 saturated carbocycles. The van der Waals surface area contributed by atoms with Gasteiger partial charge in [-0.3, -0.25) is 14.6 Å². The fraction of sp³-hybridized carbons (Fsp3) is 0.278. The van der Waals surface area contributed by atoms with E-state index in [-0.39, 0.29) is 11.4 Å². The molecule has 1 amide bonds. The summed E-state index contributed by atoms with van der Waals surface area (Å²) in [4.78, 5) is 33.5. The number of likely N-dealkylation sites (N-methyl/N-ethyl adjacent to an activating group) is 1. The molecule has 1 aliphatic heterocycles. The molecule has 1 aliphatic rings. The first-order valence-corrected chi connectivity index (χ1v) is 8.75. The number of nitrogens with zero attached hydrogens (tertiary/aromatic N) is 3. The molecule has 0 fully saturated rings. The SMILES string of the molecule is CN(C)CCN1C(=O)C(O)=C(C(=O)c2cccs2)[C@@H]1c1ccncc1. The lowest BCUT2D eigenvalue weighted by Crippen LogP contribution is -2.36. The van der Waals surface area contributed by atoms with Crippen LogP contribution in [-0.4, -0.2) is 58.8 Å². The number of aliphatic hydroxyl groups excluding tert-OH is 1. The number of Topliss-reactive ketones (excluding diaryl/α,β-unsaturated/α-hetero) is 1. The number of rotatable bonds is 6. The quantitative estimate of drug-likeness (QED) is 0.803. The summed E-state index contributed by atoms with van der Waals surface area (Å²) in [6.07, 6.45) is 3.24. The van der Waals surface area contributed by atoms with Crippen LogP contribution in [-0.2, 0) is 4.79 Å². The van der Waals surface area contributed by atoms with Gasteiger partial charge in [-0.1, -0.05) is 6.07 Å². The number of carbonyl (C=O) groups is 2. The lowest BCUT2D eigenvalue weighted by Gasteiger charge is -2.27. The van der Waals surface area contributed by atoms with E-state index < -0.39 is 17.7 Å². The van der Waals surface area contributed by atoms with Crippen LogP contribution in [0.1, 0.15) is 21.3 Å². The summed E-state index contributed by atoms with van der Waals surface area (Å²) in [5.41, 5.74) is 0.892. The van der Waals surface area contributed by atoms with Crippen LogP contribution in [0.3, 0.4) is 0 Å². The third-order valence-corrected chi connectivity index (χ3v) is 4.97. The van der Waals surface area contributed by atoms with Crippen molar-refractivity contribution in [2.75, 3.05) is 27.2 Å². The highest BCUT2D eigenvalue weighted by Crippen LogP contribution is 2.39. The molecule has 0 aromatic carbocycles. The van der Waals surface area contributed by atoms with E-state index >= 15 is 0 Å².